The quantitative estimate of drug-likeness (QED) is 0.621. The molecule has 1 amide bonds. The monoisotopic (exact) mass is 317 g/mol. The Kier molecular flexibility index (Phi) is 5.46. The maximum Gasteiger partial charge on any atom is 0.284 e. The number of carbonyl (C=O) groups is 1. The highest BCUT2D eigenvalue weighted by molar-refractivity contribution is 5.89. The van der Waals surface area contributed by atoms with E-state index in [2.05, 4.69) is 20.9 Å². The molecule has 7 nitrogen and oxygen atoms in total. The molecule has 0 saturated carbocycles. The number of aromatic nitrogens is 1. The average Bonchev–Trinajstić information content (AvgIpc) is 3.13. The summed E-state index contributed by atoms with van der Waals surface area (Å²) in [5, 5.41) is 3.25. The molecular weight excluding hydrogens is 294 g/mol. The van der Waals surface area contributed by atoms with Crippen LogP contribution in [0.25, 0.3) is 0 Å². The fraction of sp³-hybridized carbons (Fsp3) is 0.375. The van der Waals surface area contributed by atoms with E-state index in [9.17, 15) is 4.79 Å². The van der Waals surface area contributed by atoms with E-state index in [-0.39, 0.29) is 5.76 Å². The third-order valence-corrected chi connectivity index (χ3v) is 3.44. The van der Waals surface area contributed by atoms with Gasteiger partial charge in [-0.1, -0.05) is 0 Å². The summed E-state index contributed by atoms with van der Waals surface area (Å²) in [5.41, 5.74) is 6.36. The molecule has 0 aliphatic heterocycles. The van der Waals surface area contributed by atoms with Gasteiger partial charge in [0, 0.05) is 32.5 Å². The van der Waals surface area contributed by atoms with E-state index in [4.69, 9.17) is 10.2 Å². The first-order chi connectivity index (χ1) is 11.0. The van der Waals surface area contributed by atoms with Gasteiger partial charge in [-0.25, -0.2) is 4.99 Å². The van der Waals surface area contributed by atoms with E-state index in [0.717, 1.165) is 19.0 Å². The van der Waals surface area contributed by atoms with E-state index in [1.54, 1.807) is 12.1 Å². The largest absolute Gasteiger partial charge is 0.454 e. The Morgan fingerprint density at radius 2 is 2.22 bits per heavy atom. The van der Waals surface area contributed by atoms with Crippen LogP contribution in [0, 0.1) is 0 Å². The molecule has 0 fully saturated rings. The number of nitrogens with two attached hydrogens (primary N) is 1. The molecule has 0 saturated heterocycles. The van der Waals surface area contributed by atoms with Crippen LogP contribution in [0.4, 0.5) is 0 Å². The van der Waals surface area contributed by atoms with Gasteiger partial charge in [-0.3, -0.25) is 4.79 Å². The minimum Gasteiger partial charge on any atom is -0.454 e. The standard InChI is InChI=1S/C16H23N5O2/c1-4-18-16(21(3)11-12-6-5-9-20(12)2)19-10-13-7-8-14(23-13)15(17)22/h5-9H,4,10-11H2,1-3H3,(H2,17,22)(H,18,19). The lowest BCUT2D eigenvalue weighted by molar-refractivity contribution is 0.0972. The van der Waals surface area contributed by atoms with Crippen molar-refractivity contribution in [2.45, 2.75) is 20.0 Å². The first-order valence-corrected chi connectivity index (χ1v) is 7.49. The van der Waals surface area contributed by atoms with Gasteiger partial charge in [-0.2, -0.15) is 0 Å². The summed E-state index contributed by atoms with van der Waals surface area (Å²) in [6, 6.07) is 7.37. The Morgan fingerprint density at radius 3 is 2.78 bits per heavy atom. The Balaban J connectivity index is 2.06. The fourth-order valence-electron chi connectivity index (χ4n) is 2.20. The second-order valence-electron chi connectivity index (χ2n) is 5.27. The molecule has 0 bridgehead atoms. The maximum absolute atomic E-state index is 11.0. The molecule has 7 heteroatoms. The lowest BCUT2D eigenvalue weighted by Gasteiger charge is -2.22. The predicted octanol–water partition coefficient (Wildman–Crippen LogP) is 1.31. The van der Waals surface area contributed by atoms with E-state index in [1.165, 1.54) is 5.69 Å². The van der Waals surface area contributed by atoms with Gasteiger partial charge in [0.05, 0.1) is 6.54 Å². The molecule has 0 aliphatic carbocycles. The van der Waals surface area contributed by atoms with Crippen molar-refractivity contribution in [3.63, 3.8) is 0 Å². The van der Waals surface area contributed by atoms with Gasteiger partial charge >= 0.3 is 0 Å². The Hall–Kier alpha value is -2.70. The zero-order chi connectivity index (χ0) is 16.8. The van der Waals surface area contributed by atoms with Gasteiger partial charge in [-0.15, -0.1) is 0 Å². The number of hydrogen-bond donors (Lipinski definition) is 2. The molecule has 3 N–H and O–H groups in total. The molecule has 0 radical (unpaired) electrons. The molecule has 0 aliphatic rings. The van der Waals surface area contributed by atoms with E-state index < -0.39 is 5.91 Å². The summed E-state index contributed by atoms with van der Waals surface area (Å²) in [6.45, 7) is 3.86. The van der Waals surface area contributed by atoms with Crippen molar-refractivity contribution in [3.8, 4) is 0 Å². The van der Waals surface area contributed by atoms with E-state index in [1.807, 2.05) is 38.2 Å². The highest BCUT2D eigenvalue weighted by atomic mass is 16.3. The van der Waals surface area contributed by atoms with Gasteiger partial charge in [0.15, 0.2) is 11.7 Å². The molecule has 2 aromatic heterocycles. The lowest BCUT2D eigenvalue weighted by Crippen LogP contribution is -2.38. The second kappa shape index (κ2) is 7.53. The number of guanidine groups is 1. The third-order valence-electron chi connectivity index (χ3n) is 3.44. The van der Waals surface area contributed by atoms with E-state index >= 15 is 0 Å². The normalized spacial score (nSPS) is 11.5. The first kappa shape index (κ1) is 16.7. The third kappa shape index (κ3) is 4.38. The van der Waals surface area contributed by atoms with Crippen molar-refractivity contribution in [3.05, 3.63) is 47.7 Å². The van der Waals surface area contributed by atoms with Crippen LogP contribution in [-0.2, 0) is 20.1 Å². The topological polar surface area (TPSA) is 88.8 Å². The summed E-state index contributed by atoms with van der Waals surface area (Å²) in [7, 11) is 3.99. The number of carbonyl (C=O) groups excluding carboxylic acids is 1. The molecule has 0 aromatic carbocycles. The van der Waals surface area contributed by atoms with Crippen LogP contribution in [0.15, 0.2) is 39.9 Å². The number of nitrogens with zero attached hydrogens (tertiary/aromatic N) is 3. The van der Waals surface area contributed by atoms with Crippen LogP contribution in [0.2, 0.25) is 0 Å². The van der Waals surface area contributed by atoms with Crippen LogP contribution in [0.1, 0.15) is 28.9 Å². The van der Waals surface area contributed by atoms with Crippen molar-refractivity contribution in [1.29, 1.82) is 0 Å². The number of primary amides is 1. The molecular formula is C16H23N5O2. The van der Waals surface area contributed by atoms with E-state index in [0.29, 0.717) is 12.3 Å². The minimum atomic E-state index is -0.576. The number of aliphatic imine (C=N–C) groups is 1. The van der Waals surface area contributed by atoms with Crippen LogP contribution >= 0.6 is 0 Å². The van der Waals surface area contributed by atoms with Crippen LogP contribution in [0.3, 0.4) is 0 Å². The molecule has 23 heavy (non-hydrogen) atoms. The number of rotatable bonds is 6. The number of furan rings is 1. The Labute approximate surface area is 135 Å². The number of hydrogen-bond acceptors (Lipinski definition) is 3. The van der Waals surface area contributed by atoms with Gasteiger partial charge in [0.1, 0.15) is 12.3 Å². The molecule has 0 atom stereocenters. The van der Waals surface area contributed by atoms with Crippen molar-refractivity contribution >= 4 is 11.9 Å². The van der Waals surface area contributed by atoms with Crippen LogP contribution in [0.5, 0.6) is 0 Å². The van der Waals surface area contributed by atoms with Crippen molar-refractivity contribution < 1.29 is 9.21 Å². The second-order valence-corrected chi connectivity index (χ2v) is 5.27. The molecule has 2 heterocycles. The number of aryl methyl sites for hydroxylation is 1. The fourth-order valence-corrected chi connectivity index (χ4v) is 2.20. The van der Waals surface area contributed by atoms with Crippen LogP contribution < -0.4 is 11.1 Å². The van der Waals surface area contributed by atoms with Gasteiger partial charge in [0.2, 0.25) is 0 Å². The summed E-state index contributed by atoms with van der Waals surface area (Å²) in [6.07, 6.45) is 2.02. The highest BCUT2D eigenvalue weighted by Gasteiger charge is 2.10. The van der Waals surface area contributed by atoms with Gasteiger partial charge in [-0.05, 0) is 31.2 Å². The zero-order valence-corrected chi connectivity index (χ0v) is 13.7. The van der Waals surface area contributed by atoms with Crippen molar-refractivity contribution in [2.24, 2.45) is 17.8 Å². The lowest BCUT2D eigenvalue weighted by atomic mass is 10.4. The number of amides is 1. The van der Waals surface area contributed by atoms with Gasteiger partial charge in [0.25, 0.3) is 5.91 Å². The molecule has 2 rings (SSSR count). The smallest absolute Gasteiger partial charge is 0.284 e. The maximum atomic E-state index is 11.0. The molecule has 0 unspecified atom stereocenters. The summed E-state index contributed by atoms with van der Waals surface area (Å²) >= 11 is 0. The Bertz CT molecular complexity index is 686. The summed E-state index contributed by atoms with van der Waals surface area (Å²) in [4.78, 5) is 17.6. The average molecular weight is 317 g/mol. The first-order valence-electron chi connectivity index (χ1n) is 7.49. The van der Waals surface area contributed by atoms with Crippen molar-refractivity contribution in [1.82, 2.24) is 14.8 Å². The molecule has 0 spiro atoms. The van der Waals surface area contributed by atoms with Crippen LogP contribution in [-0.4, -0.2) is 34.9 Å². The Morgan fingerprint density at radius 1 is 1.43 bits per heavy atom. The molecule has 124 valence electrons. The SMILES string of the molecule is CCNC(=NCc1ccc(C(N)=O)o1)N(C)Cc1cccn1C. The summed E-state index contributed by atoms with van der Waals surface area (Å²) < 4.78 is 7.42. The molecule has 2 aromatic rings. The minimum absolute atomic E-state index is 0.150. The summed E-state index contributed by atoms with van der Waals surface area (Å²) in [5.74, 6) is 0.942. The zero-order valence-electron chi connectivity index (χ0n) is 13.7. The van der Waals surface area contributed by atoms with Gasteiger partial charge < -0.3 is 24.9 Å². The predicted molar refractivity (Wildman–Crippen MR) is 88.9 cm³/mol. The van der Waals surface area contributed by atoms with Crippen molar-refractivity contribution in [2.75, 3.05) is 13.6 Å². The highest BCUT2D eigenvalue weighted by Crippen LogP contribution is 2.09. The number of nitrogens with one attached hydrogen (secondary N) is 1.